The molecule has 0 saturated carbocycles. The van der Waals surface area contributed by atoms with Gasteiger partial charge in [-0.2, -0.15) is 0 Å². The Bertz CT molecular complexity index is 753. The van der Waals surface area contributed by atoms with Crippen LogP contribution in [0.25, 0.3) is 11.1 Å². The fraction of sp³-hybridized carbons (Fsp3) is 0.222. The van der Waals surface area contributed by atoms with E-state index in [0.29, 0.717) is 11.3 Å². The van der Waals surface area contributed by atoms with E-state index in [0.717, 1.165) is 11.1 Å². The molecule has 0 aliphatic heterocycles. The molecule has 0 radical (unpaired) electrons. The van der Waals surface area contributed by atoms with E-state index >= 15 is 0 Å². The van der Waals surface area contributed by atoms with Gasteiger partial charge in [-0.3, -0.25) is 0 Å². The first-order chi connectivity index (χ1) is 11.0. The molecule has 0 fully saturated rings. The third-order valence-electron chi connectivity index (χ3n) is 3.38. The van der Waals surface area contributed by atoms with Crippen LogP contribution in [0.3, 0.4) is 0 Å². The zero-order chi connectivity index (χ0) is 17.0. The molecule has 0 amide bonds. The second kappa shape index (κ2) is 6.96. The van der Waals surface area contributed by atoms with Crippen molar-refractivity contribution >= 4 is 17.6 Å². The number of hydrogen-bond donors (Lipinski definition) is 1. The van der Waals surface area contributed by atoms with Gasteiger partial charge in [0.1, 0.15) is 0 Å². The molecule has 2 N–H and O–H groups in total. The average Bonchev–Trinajstić information content (AvgIpc) is 2.53. The van der Waals surface area contributed by atoms with E-state index in [1.165, 1.54) is 13.2 Å². The SMILES string of the molecule is CCOC(=O)c1cc(C(=O)OC)cc(-c2ccc(C)cc2N)c1. The lowest BCUT2D eigenvalue weighted by Gasteiger charge is -2.11. The first kappa shape index (κ1) is 16.5. The summed E-state index contributed by atoms with van der Waals surface area (Å²) in [7, 11) is 1.29. The zero-order valence-corrected chi connectivity index (χ0v) is 13.4. The smallest absolute Gasteiger partial charge is 0.338 e. The van der Waals surface area contributed by atoms with Crippen molar-refractivity contribution < 1.29 is 19.1 Å². The highest BCUT2D eigenvalue weighted by molar-refractivity contribution is 5.98. The zero-order valence-electron chi connectivity index (χ0n) is 13.4. The molecule has 0 aliphatic rings. The molecule has 0 aliphatic carbocycles. The number of nitrogen functional groups attached to an aromatic ring is 1. The van der Waals surface area contributed by atoms with Gasteiger partial charge in [0.15, 0.2) is 0 Å². The van der Waals surface area contributed by atoms with Gasteiger partial charge in [-0.15, -0.1) is 0 Å². The van der Waals surface area contributed by atoms with Crippen LogP contribution in [-0.2, 0) is 9.47 Å². The van der Waals surface area contributed by atoms with Crippen molar-refractivity contribution in [3.8, 4) is 11.1 Å². The lowest BCUT2D eigenvalue weighted by atomic mass is 9.97. The van der Waals surface area contributed by atoms with Crippen LogP contribution in [-0.4, -0.2) is 25.7 Å². The predicted molar refractivity (Wildman–Crippen MR) is 88.3 cm³/mol. The largest absolute Gasteiger partial charge is 0.465 e. The van der Waals surface area contributed by atoms with Crippen LogP contribution in [0.1, 0.15) is 33.2 Å². The van der Waals surface area contributed by atoms with Crippen LogP contribution >= 0.6 is 0 Å². The Kier molecular flexibility index (Phi) is 5.01. The molecule has 5 nitrogen and oxygen atoms in total. The lowest BCUT2D eigenvalue weighted by Crippen LogP contribution is -2.08. The van der Waals surface area contributed by atoms with Gasteiger partial charge in [-0.05, 0) is 49.2 Å². The molecule has 0 saturated heterocycles. The maximum absolute atomic E-state index is 12.0. The van der Waals surface area contributed by atoms with E-state index in [9.17, 15) is 9.59 Å². The monoisotopic (exact) mass is 313 g/mol. The Morgan fingerprint density at radius 3 is 2.26 bits per heavy atom. The minimum absolute atomic E-state index is 0.253. The second-order valence-electron chi connectivity index (χ2n) is 5.10. The molecule has 0 atom stereocenters. The number of benzene rings is 2. The standard InChI is InChI=1S/C18H19NO4/c1-4-23-18(21)14-9-12(8-13(10-14)17(20)22-3)15-6-5-11(2)7-16(15)19/h5-10H,4,19H2,1-3H3. The molecular formula is C18H19NO4. The summed E-state index contributed by atoms with van der Waals surface area (Å²) in [6, 6.07) is 10.4. The summed E-state index contributed by atoms with van der Waals surface area (Å²) in [5.41, 5.74) is 9.62. The van der Waals surface area contributed by atoms with Crippen LogP contribution in [0.2, 0.25) is 0 Å². The molecule has 2 aromatic carbocycles. The van der Waals surface area contributed by atoms with Crippen molar-refractivity contribution in [2.75, 3.05) is 19.5 Å². The van der Waals surface area contributed by atoms with Gasteiger partial charge in [0.2, 0.25) is 0 Å². The van der Waals surface area contributed by atoms with Crippen LogP contribution in [0, 0.1) is 6.92 Å². The highest BCUT2D eigenvalue weighted by Crippen LogP contribution is 2.29. The molecule has 0 heterocycles. The predicted octanol–water partition coefficient (Wildman–Crippen LogP) is 3.21. The molecule has 120 valence electrons. The summed E-state index contributed by atoms with van der Waals surface area (Å²) in [5.74, 6) is -1.02. The summed E-state index contributed by atoms with van der Waals surface area (Å²) in [6.45, 7) is 3.92. The number of carbonyl (C=O) groups is 2. The van der Waals surface area contributed by atoms with E-state index in [4.69, 9.17) is 15.2 Å². The van der Waals surface area contributed by atoms with Crippen molar-refractivity contribution in [2.45, 2.75) is 13.8 Å². The highest BCUT2D eigenvalue weighted by atomic mass is 16.5. The molecule has 2 rings (SSSR count). The van der Waals surface area contributed by atoms with Crippen molar-refractivity contribution in [3.05, 3.63) is 53.1 Å². The van der Waals surface area contributed by atoms with Crippen molar-refractivity contribution in [1.82, 2.24) is 0 Å². The number of rotatable bonds is 4. The second-order valence-corrected chi connectivity index (χ2v) is 5.10. The van der Waals surface area contributed by atoms with E-state index < -0.39 is 11.9 Å². The maximum Gasteiger partial charge on any atom is 0.338 e. The molecule has 0 unspecified atom stereocenters. The minimum atomic E-state index is -0.525. The number of anilines is 1. The van der Waals surface area contributed by atoms with E-state index in [2.05, 4.69) is 0 Å². The van der Waals surface area contributed by atoms with Crippen molar-refractivity contribution in [2.24, 2.45) is 0 Å². The molecular weight excluding hydrogens is 294 g/mol. The van der Waals surface area contributed by atoms with Crippen LogP contribution in [0.15, 0.2) is 36.4 Å². The van der Waals surface area contributed by atoms with Crippen LogP contribution in [0.5, 0.6) is 0 Å². The molecule has 0 spiro atoms. The number of carbonyl (C=O) groups excluding carboxylic acids is 2. The summed E-state index contributed by atoms with van der Waals surface area (Å²) < 4.78 is 9.76. The lowest BCUT2D eigenvalue weighted by molar-refractivity contribution is 0.0526. The first-order valence-corrected chi connectivity index (χ1v) is 7.23. The van der Waals surface area contributed by atoms with Gasteiger partial charge in [-0.1, -0.05) is 12.1 Å². The fourth-order valence-electron chi connectivity index (χ4n) is 2.30. The number of methoxy groups -OCH3 is 1. The van der Waals surface area contributed by atoms with E-state index in [1.807, 2.05) is 25.1 Å². The Hall–Kier alpha value is -2.82. The van der Waals surface area contributed by atoms with Gasteiger partial charge in [0.25, 0.3) is 0 Å². The average molecular weight is 313 g/mol. The number of esters is 2. The normalized spacial score (nSPS) is 10.2. The van der Waals surface area contributed by atoms with Crippen LogP contribution < -0.4 is 5.73 Å². The molecule has 0 bridgehead atoms. The van der Waals surface area contributed by atoms with Gasteiger partial charge < -0.3 is 15.2 Å². The first-order valence-electron chi connectivity index (χ1n) is 7.23. The molecule has 0 aromatic heterocycles. The van der Waals surface area contributed by atoms with Crippen LogP contribution in [0.4, 0.5) is 5.69 Å². The van der Waals surface area contributed by atoms with Gasteiger partial charge in [0.05, 0.1) is 24.8 Å². The molecule has 2 aromatic rings. The highest BCUT2D eigenvalue weighted by Gasteiger charge is 2.16. The van der Waals surface area contributed by atoms with Crippen molar-refractivity contribution in [3.63, 3.8) is 0 Å². The fourth-order valence-corrected chi connectivity index (χ4v) is 2.30. The number of ether oxygens (including phenoxy) is 2. The van der Waals surface area contributed by atoms with E-state index in [1.54, 1.807) is 19.1 Å². The Labute approximate surface area is 135 Å². The van der Waals surface area contributed by atoms with Crippen molar-refractivity contribution in [1.29, 1.82) is 0 Å². The quantitative estimate of drug-likeness (QED) is 0.692. The summed E-state index contributed by atoms with van der Waals surface area (Å²) in [6.07, 6.45) is 0. The maximum atomic E-state index is 12.0. The number of aryl methyl sites for hydroxylation is 1. The minimum Gasteiger partial charge on any atom is -0.465 e. The molecule has 23 heavy (non-hydrogen) atoms. The van der Waals surface area contributed by atoms with Gasteiger partial charge >= 0.3 is 11.9 Å². The molecule has 5 heteroatoms. The van der Waals surface area contributed by atoms with Gasteiger partial charge in [0, 0.05) is 11.3 Å². The summed E-state index contributed by atoms with van der Waals surface area (Å²) in [5, 5.41) is 0. The van der Waals surface area contributed by atoms with E-state index in [-0.39, 0.29) is 17.7 Å². The van der Waals surface area contributed by atoms with Gasteiger partial charge in [-0.25, -0.2) is 9.59 Å². The third-order valence-corrected chi connectivity index (χ3v) is 3.38. The third kappa shape index (κ3) is 3.69. The Balaban J connectivity index is 2.60. The Morgan fingerprint density at radius 2 is 1.70 bits per heavy atom. The number of nitrogens with two attached hydrogens (primary N) is 1. The summed E-state index contributed by atoms with van der Waals surface area (Å²) >= 11 is 0. The Morgan fingerprint density at radius 1 is 1.04 bits per heavy atom. The number of hydrogen-bond acceptors (Lipinski definition) is 5. The topological polar surface area (TPSA) is 78.6 Å². The summed E-state index contributed by atoms with van der Waals surface area (Å²) in [4.78, 5) is 23.9.